The zero-order valence-corrected chi connectivity index (χ0v) is 16.2. The molecule has 3 aromatic rings. The van der Waals surface area contributed by atoms with E-state index in [4.69, 9.17) is 5.73 Å². The van der Waals surface area contributed by atoms with E-state index in [0.29, 0.717) is 22.5 Å². The third-order valence-corrected chi connectivity index (χ3v) is 5.04. The fourth-order valence-electron chi connectivity index (χ4n) is 2.54. The Kier molecular flexibility index (Phi) is 6.65. The number of benzene rings is 3. The SMILES string of the molecule is NC(=O)CSc1ccccc1NC(=O)c1ccc(NC(=O)c2ccccc2)cc1. The summed E-state index contributed by atoms with van der Waals surface area (Å²) in [4.78, 5) is 36.5. The Bertz CT molecular complexity index is 1020. The van der Waals surface area contributed by atoms with Gasteiger partial charge in [-0.1, -0.05) is 30.3 Å². The number of anilines is 2. The van der Waals surface area contributed by atoms with Crippen LogP contribution < -0.4 is 16.4 Å². The molecule has 3 aromatic carbocycles. The van der Waals surface area contributed by atoms with Crippen molar-refractivity contribution in [1.29, 1.82) is 0 Å². The minimum Gasteiger partial charge on any atom is -0.369 e. The first-order chi connectivity index (χ1) is 14.0. The molecule has 0 aliphatic heterocycles. The third-order valence-electron chi connectivity index (χ3n) is 3.95. The number of rotatable bonds is 7. The van der Waals surface area contributed by atoms with Gasteiger partial charge in [0.05, 0.1) is 11.4 Å². The van der Waals surface area contributed by atoms with Gasteiger partial charge in [0.25, 0.3) is 11.8 Å². The lowest BCUT2D eigenvalue weighted by Gasteiger charge is -2.11. The second-order valence-corrected chi connectivity index (χ2v) is 7.12. The molecule has 7 heteroatoms. The van der Waals surface area contributed by atoms with Crippen LogP contribution in [0.5, 0.6) is 0 Å². The summed E-state index contributed by atoms with van der Waals surface area (Å²) in [5.41, 5.74) is 7.38. The van der Waals surface area contributed by atoms with E-state index in [0.717, 1.165) is 4.90 Å². The molecule has 0 radical (unpaired) electrons. The van der Waals surface area contributed by atoms with Crippen LogP contribution in [0.3, 0.4) is 0 Å². The molecule has 0 aromatic heterocycles. The van der Waals surface area contributed by atoms with Crippen LogP contribution in [0, 0.1) is 0 Å². The summed E-state index contributed by atoms with van der Waals surface area (Å²) in [6, 6.07) is 22.7. The van der Waals surface area contributed by atoms with Gasteiger partial charge in [0.1, 0.15) is 0 Å². The monoisotopic (exact) mass is 405 g/mol. The molecular weight excluding hydrogens is 386 g/mol. The van der Waals surface area contributed by atoms with Crippen LogP contribution >= 0.6 is 11.8 Å². The number of carbonyl (C=O) groups is 3. The van der Waals surface area contributed by atoms with Gasteiger partial charge < -0.3 is 16.4 Å². The average Bonchev–Trinajstić information content (AvgIpc) is 2.74. The predicted molar refractivity (Wildman–Crippen MR) is 115 cm³/mol. The third kappa shape index (κ3) is 5.70. The molecule has 0 bridgehead atoms. The molecule has 0 atom stereocenters. The van der Waals surface area contributed by atoms with Gasteiger partial charge in [-0.05, 0) is 48.5 Å². The van der Waals surface area contributed by atoms with Crippen LogP contribution in [-0.4, -0.2) is 23.5 Å². The van der Waals surface area contributed by atoms with Gasteiger partial charge in [0.2, 0.25) is 5.91 Å². The van der Waals surface area contributed by atoms with Crippen LogP contribution in [0.1, 0.15) is 20.7 Å². The van der Waals surface area contributed by atoms with Crippen molar-refractivity contribution in [3.63, 3.8) is 0 Å². The molecule has 0 aliphatic rings. The van der Waals surface area contributed by atoms with Gasteiger partial charge in [0.15, 0.2) is 0 Å². The molecule has 4 N–H and O–H groups in total. The van der Waals surface area contributed by atoms with Crippen LogP contribution in [0.15, 0.2) is 83.8 Å². The number of amides is 3. The summed E-state index contributed by atoms with van der Waals surface area (Å²) in [5, 5.41) is 5.63. The molecule has 0 saturated carbocycles. The van der Waals surface area contributed by atoms with E-state index in [9.17, 15) is 14.4 Å². The number of nitrogens with one attached hydrogen (secondary N) is 2. The van der Waals surface area contributed by atoms with Crippen molar-refractivity contribution in [3.8, 4) is 0 Å². The lowest BCUT2D eigenvalue weighted by molar-refractivity contribution is -0.115. The van der Waals surface area contributed by atoms with Gasteiger partial charge in [-0.25, -0.2) is 0 Å². The molecule has 29 heavy (non-hydrogen) atoms. The summed E-state index contributed by atoms with van der Waals surface area (Å²) >= 11 is 1.26. The standard InChI is InChI=1S/C22H19N3O3S/c23-20(26)14-29-19-9-5-4-8-18(19)25-22(28)16-10-12-17(13-11-16)24-21(27)15-6-2-1-3-7-15/h1-13H,14H2,(H2,23,26)(H,24,27)(H,25,28). The molecule has 6 nitrogen and oxygen atoms in total. The van der Waals surface area contributed by atoms with E-state index >= 15 is 0 Å². The van der Waals surface area contributed by atoms with Crippen LogP contribution in [0.4, 0.5) is 11.4 Å². The Morgan fingerprint density at radius 1 is 0.724 bits per heavy atom. The van der Waals surface area contributed by atoms with Gasteiger partial charge in [-0.15, -0.1) is 11.8 Å². The summed E-state index contributed by atoms with van der Waals surface area (Å²) < 4.78 is 0. The van der Waals surface area contributed by atoms with Crippen molar-refractivity contribution in [1.82, 2.24) is 0 Å². The Balaban J connectivity index is 1.65. The van der Waals surface area contributed by atoms with Crippen LogP contribution in [0.25, 0.3) is 0 Å². The fraction of sp³-hybridized carbons (Fsp3) is 0.0455. The van der Waals surface area contributed by atoms with Crippen molar-refractivity contribution in [3.05, 3.63) is 90.0 Å². The van der Waals surface area contributed by atoms with Gasteiger partial charge in [0, 0.05) is 21.7 Å². The first kappa shape index (κ1) is 20.2. The summed E-state index contributed by atoms with van der Waals surface area (Å²) in [6.07, 6.45) is 0. The molecule has 3 rings (SSSR count). The highest BCUT2D eigenvalue weighted by Gasteiger charge is 2.11. The van der Waals surface area contributed by atoms with Gasteiger partial charge in [-0.3, -0.25) is 14.4 Å². The molecule has 0 fully saturated rings. The smallest absolute Gasteiger partial charge is 0.255 e. The second kappa shape index (κ2) is 9.57. The summed E-state index contributed by atoms with van der Waals surface area (Å²) in [5.74, 6) is -0.812. The summed E-state index contributed by atoms with van der Waals surface area (Å²) in [7, 11) is 0. The quantitative estimate of drug-likeness (QED) is 0.521. The maximum atomic E-state index is 12.6. The molecule has 0 heterocycles. The molecule has 0 aliphatic carbocycles. The van der Waals surface area contributed by atoms with Gasteiger partial charge in [-0.2, -0.15) is 0 Å². The van der Waals surface area contributed by atoms with E-state index < -0.39 is 5.91 Å². The number of hydrogen-bond donors (Lipinski definition) is 3. The van der Waals surface area contributed by atoms with Crippen molar-refractivity contribution in [2.24, 2.45) is 5.73 Å². The number of nitrogens with two attached hydrogens (primary N) is 1. The Hall–Kier alpha value is -3.58. The number of carbonyl (C=O) groups excluding carboxylic acids is 3. The van der Waals surface area contributed by atoms with Crippen molar-refractivity contribution < 1.29 is 14.4 Å². The maximum Gasteiger partial charge on any atom is 0.255 e. The minimum absolute atomic E-state index is 0.128. The number of primary amides is 1. The van der Waals surface area contributed by atoms with Crippen molar-refractivity contribution >= 4 is 40.9 Å². The Morgan fingerprint density at radius 3 is 2.00 bits per heavy atom. The first-order valence-corrected chi connectivity index (χ1v) is 9.79. The second-order valence-electron chi connectivity index (χ2n) is 6.10. The van der Waals surface area contributed by atoms with Gasteiger partial charge >= 0.3 is 0 Å². The molecule has 0 unspecified atom stereocenters. The Labute approximate surface area is 172 Å². The topological polar surface area (TPSA) is 101 Å². The fourth-order valence-corrected chi connectivity index (χ4v) is 3.28. The lowest BCUT2D eigenvalue weighted by atomic mass is 10.1. The van der Waals surface area contributed by atoms with Crippen LogP contribution in [-0.2, 0) is 4.79 Å². The number of thioether (sulfide) groups is 1. The van der Waals surface area contributed by atoms with E-state index in [1.807, 2.05) is 18.2 Å². The highest BCUT2D eigenvalue weighted by molar-refractivity contribution is 8.00. The normalized spacial score (nSPS) is 10.2. The van der Waals surface area contributed by atoms with Crippen LogP contribution in [0.2, 0.25) is 0 Å². The number of hydrogen-bond acceptors (Lipinski definition) is 4. The zero-order valence-electron chi connectivity index (χ0n) is 15.4. The molecule has 3 amide bonds. The minimum atomic E-state index is -0.427. The first-order valence-electron chi connectivity index (χ1n) is 8.81. The van der Waals surface area contributed by atoms with E-state index in [-0.39, 0.29) is 17.6 Å². The lowest BCUT2D eigenvalue weighted by Crippen LogP contribution is -2.15. The van der Waals surface area contributed by atoms with Crippen molar-refractivity contribution in [2.45, 2.75) is 4.90 Å². The molecule has 0 spiro atoms. The highest BCUT2D eigenvalue weighted by Crippen LogP contribution is 2.27. The largest absolute Gasteiger partial charge is 0.369 e. The van der Waals surface area contributed by atoms with Crippen molar-refractivity contribution in [2.75, 3.05) is 16.4 Å². The summed E-state index contributed by atoms with van der Waals surface area (Å²) in [6.45, 7) is 0. The molecular formula is C22H19N3O3S. The molecule has 0 saturated heterocycles. The average molecular weight is 405 g/mol. The van der Waals surface area contributed by atoms with E-state index in [1.54, 1.807) is 60.7 Å². The maximum absolute atomic E-state index is 12.6. The molecule has 146 valence electrons. The van der Waals surface area contributed by atoms with E-state index in [2.05, 4.69) is 10.6 Å². The zero-order chi connectivity index (χ0) is 20.6. The Morgan fingerprint density at radius 2 is 1.31 bits per heavy atom. The predicted octanol–water partition coefficient (Wildman–Crippen LogP) is 3.77. The highest BCUT2D eigenvalue weighted by atomic mass is 32.2. The number of para-hydroxylation sites is 1. The van der Waals surface area contributed by atoms with E-state index in [1.165, 1.54) is 11.8 Å².